The zero-order valence-corrected chi connectivity index (χ0v) is 6.96. The van der Waals surface area contributed by atoms with Crippen LogP contribution in [0.25, 0.3) is 0 Å². The van der Waals surface area contributed by atoms with Crippen LogP contribution in [-0.2, 0) is 0 Å². The molecule has 54 valence electrons. The molecular weight excluding hydrogens is 198 g/mol. The first-order valence-corrected chi connectivity index (χ1v) is 3.45. The Morgan fingerprint density at radius 3 is 2.90 bits per heavy atom. The van der Waals surface area contributed by atoms with Crippen LogP contribution in [0.15, 0.2) is 22.9 Å². The molecule has 0 bridgehead atoms. The summed E-state index contributed by atoms with van der Waals surface area (Å²) in [6.07, 6.45) is 2.75. The van der Waals surface area contributed by atoms with Gasteiger partial charge in [-0.1, -0.05) is 0 Å². The van der Waals surface area contributed by atoms with Crippen molar-refractivity contribution >= 4 is 15.9 Å². The number of methoxy groups -OCH3 is 1. The van der Waals surface area contributed by atoms with E-state index in [1.54, 1.807) is 6.07 Å². The zero-order chi connectivity index (χ0) is 7.56. The number of nitrogens with zero attached hydrogens (tertiary/aromatic N) is 1. The van der Waals surface area contributed by atoms with E-state index in [1.165, 1.54) is 19.5 Å². The van der Waals surface area contributed by atoms with Gasteiger partial charge in [-0.15, -0.1) is 0 Å². The van der Waals surface area contributed by atoms with Crippen LogP contribution in [0.5, 0.6) is 5.75 Å². The first-order valence-electron chi connectivity index (χ1n) is 2.66. The maximum Gasteiger partial charge on any atom is 0.223 e. The predicted molar refractivity (Wildman–Crippen MR) is 39.7 cm³/mol. The van der Waals surface area contributed by atoms with Crippen LogP contribution in [0.4, 0.5) is 0 Å². The SMILES string of the molecule is COc1c[n+]([O-])ccc1Br. The molecule has 1 aromatic rings. The van der Waals surface area contributed by atoms with Crippen molar-refractivity contribution in [1.82, 2.24) is 0 Å². The Morgan fingerprint density at radius 1 is 1.70 bits per heavy atom. The first kappa shape index (κ1) is 7.34. The Labute approximate surface area is 67.0 Å². The minimum atomic E-state index is 0.539. The molecule has 0 radical (unpaired) electrons. The summed E-state index contributed by atoms with van der Waals surface area (Å²) in [5.74, 6) is 0.539. The molecule has 0 aromatic carbocycles. The average Bonchev–Trinajstić information content (AvgIpc) is 1.94. The summed E-state index contributed by atoms with van der Waals surface area (Å²) in [5, 5.41) is 10.6. The van der Waals surface area contributed by atoms with E-state index in [-0.39, 0.29) is 0 Å². The molecular formula is C6H6BrNO2. The monoisotopic (exact) mass is 203 g/mol. The third-order valence-corrected chi connectivity index (χ3v) is 1.72. The van der Waals surface area contributed by atoms with Crippen molar-refractivity contribution in [2.24, 2.45) is 0 Å². The number of halogens is 1. The van der Waals surface area contributed by atoms with E-state index in [0.29, 0.717) is 10.5 Å². The maximum absolute atomic E-state index is 10.6. The molecule has 0 N–H and O–H groups in total. The second-order valence-electron chi connectivity index (χ2n) is 1.72. The summed E-state index contributed by atoms with van der Waals surface area (Å²) in [6.45, 7) is 0. The minimum Gasteiger partial charge on any atom is -0.619 e. The number of aromatic nitrogens is 1. The number of hydrogen-bond acceptors (Lipinski definition) is 2. The summed E-state index contributed by atoms with van der Waals surface area (Å²) in [5.41, 5.74) is 0. The predicted octanol–water partition coefficient (Wildman–Crippen LogP) is 1.09. The highest BCUT2D eigenvalue weighted by Gasteiger charge is 2.01. The van der Waals surface area contributed by atoms with Crippen molar-refractivity contribution in [3.63, 3.8) is 0 Å². The summed E-state index contributed by atoms with van der Waals surface area (Å²) < 4.78 is 6.32. The molecule has 4 heteroatoms. The standard InChI is InChI=1S/C6H6BrNO2/c1-10-6-4-8(9)3-2-5(6)7/h2-4H,1H3. The Morgan fingerprint density at radius 2 is 2.40 bits per heavy atom. The Hall–Kier alpha value is -0.770. The number of rotatable bonds is 1. The van der Waals surface area contributed by atoms with Crippen molar-refractivity contribution in [1.29, 1.82) is 0 Å². The molecule has 0 atom stereocenters. The smallest absolute Gasteiger partial charge is 0.223 e. The van der Waals surface area contributed by atoms with Crippen LogP contribution in [0.2, 0.25) is 0 Å². The van der Waals surface area contributed by atoms with Crippen molar-refractivity contribution in [2.75, 3.05) is 7.11 Å². The van der Waals surface area contributed by atoms with Crippen LogP contribution in [-0.4, -0.2) is 7.11 Å². The molecule has 0 saturated carbocycles. The lowest BCUT2D eigenvalue weighted by Gasteiger charge is -2.00. The van der Waals surface area contributed by atoms with Gasteiger partial charge in [-0.3, -0.25) is 0 Å². The van der Waals surface area contributed by atoms with E-state index in [2.05, 4.69) is 15.9 Å². The molecule has 0 saturated heterocycles. The molecule has 0 aliphatic carbocycles. The normalized spacial score (nSPS) is 9.40. The highest BCUT2D eigenvalue weighted by molar-refractivity contribution is 9.10. The van der Waals surface area contributed by atoms with Gasteiger partial charge in [0.25, 0.3) is 0 Å². The van der Waals surface area contributed by atoms with Gasteiger partial charge in [0, 0.05) is 6.07 Å². The van der Waals surface area contributed by atoms with Crippen LogP contribution in [0.1, 0.15) is 0 Å². The molecule has 0 fully saturated rings. The summed E-state index contributed by atoms with van der Waals surface area (Å²) in [4.78, 5) is 0. The Bertz CT molecular complexity index is 239. The molecule has 1 heterocycles. The van der Waals surface area contributed by atoms with Crippen molar-refractivity contribution in [3.8, 4) is 5.75 Å². The topological polar surface area (TPSA) is 36.2 Å². The molecule has 0 aliphatic rings. The van der Waals surface area contributed by atoms with E-state index in [1.807, 2.05) is 0 Å². The fraction of sp³-hybridized carbons (Fsp3) is 0.167. The van der Waals surface area contributed by atoms with Gasteiger partial charge in [-0.2, -0.15) is 4.73 Å². The van der Waals surface area contributed by atoms with Gasteiger partial charge >= 0.3 is 0 Å². The fourth-order valence-electron chi connectivity index (χ4n) is 0.592. The Kier molecular flexibility index (Phi) is 2.11. The number of ether oxygens (including phenoxy) is 1. The molecule has 3 nitrogen and oxygen atoms in total. The van der Waals surface area contributed by atoms with Gasteiger partial charge in [0.15, 0.2) is 11.9 Å². The third kappa shape index (κ3) is 1.39. The summed E-state index contributed by atoms with van der Waals surface area (Å²) in [7, 11) is 1.51. The van der Waals surface area contributed by atoms with E-state index in [9.17, 15) is 5.21 Å². The van der Waals surface area contributed by atoms with Crippen LogP contribution in [0, 0.1) is 5.21 Å². The van der Waals surface area contributed by atoms with Gasteiger partial charge in [-0.05, 0) is 15.9 Å². The second-order valence-corrected chi connectivity index (χ2v) is 2.58. The lowest BCUT2D eigenvalue weighted by molar-refractivity contribution is -0.605. The van der Waals surface area contributed by atoms with Gasteiger partial charge in [0.1, 0.15) is 0 Å². The highest BCUT2D eigenvalue weighted by atomic mass is 79.9. The molecule has 10 heavy (non-hydrogen) atoms. The molecule has 0 amide bonds. The zero-order valence-electron chi connectivity index (χ0n) is 5.37. The highest BCUT2D eigenvalue weighted by Crippen LogP contribution is 2.20. The van der Waals surface area contributed by atoms with E-state index < -0.39 is 0 Å². The van der Waals surface area contributed by atoms with Crippen LogP contribution in [0.3, 0.4) is 0 Å². The summed E-state index contributed by atoms with van der Waals surface area (Å²) in [6, 6.07) is 1.63. The van der Waals surface area contributed by atoms with Crippen molar-refractivity contribution in [3.05, 3.63) is 28.1 Å². The Balaban J connectivity index is 3.09. The molecule has 1 aromatic heterocycles. The number of hydrogen-bond donors (Lipinski definition) is 0. The van der Waals surface area contributed by atoms with Gasteiger partial charge in [0.05, 0.1) is 11.6 Å². The van der Waals surface area contributed by atoms with E-state index >= 15 is 0 Å². The summed E-state index contributed by atoms with van der Waals surface area (Å²) >= 11 is 3.21. The van der Waals surface area contributed by atoms with Crippen molar-refractivity contribution in [2.45, 2.75) is 0 Å². The lowest BCUT2D eigenvalue weighted by atomic mass is 10.5. The molecule has 0 unspecified atom stereocenters. The first-order chi connectivity index (χ1) is 4.74. The van der Waals surface area contributed by atoms with E-state index in [4.69, 9.17) is 4.74 Å². The second kappa shape index (κ2) is 2.88. The van der Waals surface area contributed by atoms with Crippen LogP contribution >= 0.6 is 15.9 Å². The minimum absolute atomic E-state index is 0.539. The quantitative estimate of drug-likeness (QED) is 0.507. The fourth-order valence-corrected chi connectivity index (χ4v) is 0.974. The van der Waals surface area contributed by atoms with Gasteiger partial charge < -0.3 is 9.94 Å². The van der Waals surface area contributed by atoms with Gasteiger partial charge in [-0.25, -0.2) is 0 Å². The van der Waals surface area contributed by atoms with E-state index in [0.717, 1.165) is 4.47 Å². The molecule has 1 rings (SSSR count). The third-order valence-electron chi connectivity index (χ3n) is 1.07. The van der Waals surface area contributed by atoms with Crippen LogP contribution < -0.4 is 9.47 Å². The van der Waals surface area contributed by atoms with Crippen molar-refractivity contribution < 1.29 is 9.47 Å². The molecule has 0 spiro atoms. The lowest BCUT2D eigenvalue weighted by Crippen LogP contribution is -2.24. The average molecular weight is 204 g/mol. The maximum atomic E-state index is 10.6. The van der Waals surface area contributed by atoms with Gasteiger partial charge in [0.2, 0.25) is 6.20 Å². The molecule has 0 aliphatic heterocycles. The number of pyridine rings is 1. The largest absolute Gasteiger partial charge is 0.619 e.